The van der Waals surface area contributed by atoms with Gasteiger partial charge in [-0.3, -0.25) is 4.98 Å². The lowest BCUT2D eigenvalue weighted by atomic mass is 9.95. The van der Waals surface area contributed by atoms with Crippen LogP contribution in [0.1, 0.15) is 36.0 Å². The van der Waals surface area contributed by atoms with E-state index in [0.29, 0.717) is 5.92 Å². The fourth-order valence-corrected chi connectivity index (χ4v) is 4.02. The first-order chi connectivity index (χ1) is 12.2. The molecule has 124 valence electrons. The van der Waals surface area contributed by atoms with E-state index >= 15 is 0 Å². The molecule has 0 radical (unpaired) electrons. The van der Waals surface area contributed by atoms with E-state index in [1.165, 1.54) is 26.4 Å². The van der Waals surface area contributed by atoms with Crippen LogP contribution in [0, 0.1) is 0 Å². The Hall–Kier alpha value is -2.52. The van der Waals surface area contributed by atoms with Gasteiger partial charge in [0.1, 0.15) is 0 Å². The number of rotatable bonds is 4. The quantitative estimate of drug-likeness (QED) is 0.449. The summed E-state index contributed by atoms with van der Waals surface area (Å²) in [5.74, 6) is 0.298. The van der Waals surface area contributed by atoms with Crippen molar-refractivity contribution in [2.45, 2.75) is 26.2 Å². The zero-order valence-corrected chi connectivity index (χ0v) is 15.3. The summed E-state index contributed by atoms with van der Waals surface area (Å²) in [6.45, 7) is 4.35. The molecule has 25 heavy (non-hydrogen) atoms. The highest BCUT2D eigenvalue weighted by atomic mass is 32.1. The Morgan fingerprint density at radius 1 is 0.960 bits per heavy atom. The average Bonchev–Trinajstić information content (AvgIpc) is 3.10. The number of pyridine rings is 1. The summed E-state index contributed by atoms with van der Waals surface area (Å²) in [5, 5.41) is 1.20. The molecule has 3 heteroatoms. The van der Waals surface area contributed by atoms with Gasteiger partial charge >= 0.3 is 0 Å². The molecule has 1 atom stereocenters. The van der Waals surface area contributed by atoms with E-state index in [4.69, 9.17) is 0 Å². The third-order valence-electron chi connectivity index (χ3n) is 4.61. The van der Waals surface area contributed by atoms with Crippen molar-refractivity contribution in [3.05, 3.63) is 83.1 Å². The van der Waals surface area contributed by atoms with Gasteiger partial charge in [0.2, 0.25) is 0 Å². The van der Waals surface area contributed by atoms with Gasteiger partial charge in [0.15, 0.2) is 0 Å². The van der Waals surface area contributed by atoms with Gasteiger partial charge < -0.3 is 0 Å². The van der Waals surface area contributed by atoms with Crippen LogP contribution in [-0.4, -0.2) is 9.97 Å². The van der Waals surface area contributed by atoms with Crippen LogP contribution in [0.25, 0.3) is 21.3 Å². The lowest BCUT2D eigenvalue weighted by Gasteiger charge is -2.12. The van der Waals surface area contributed by atoms with Crippen molar-refractivity contribution in [1.29, 1.82) is 0 Å². The standard InChI is InChI=1S/C22H20N2S/c1-3-22-24-20-12-11-18(14-21(20)25-22)17-9-7-16(8-10-17)15(2)19-6-4-5-13-23-19/h4-15H,3H2,1-2H3. The summed E-state index contributed by atoms with van der Waals surface area (Å²) in [4.78, 5) is 9.12. The maximum atomic E-state index is 4.65. The van der Waals surface area contributed by atoms with Crippen LogP contribution in [0.5, 0.6) is 0 Å². The van der Waals surface area contributed by atoms with Crippen molar-refractivity contribution in [2.24, 2.45) is 0 Å². The second-order valence-corrected chi connectivity index (χ2v) is 7.36. The van der Waals surface area contributed by atoms with E-state index in [1.807, 2.05) is 18.3 Å². The van der Waals surface area contributed by atoms with Crippen molar-refractivity contribution in [2.75, 3.05) is 0 Å². The maximum absolute atomic E-state index is 4.65. The molecule has 0 aliphatic carbocycles. The molecular formula is C22H20N2S. The topological polar surface area (TPSA) is 25.8 Å². The zero-order chi connectivity index (χ0) is 17.2. The largest absolute Gasteiger partial charge is 0.261 e. The first-order valence-electron chi connectivity index (χ1n) is 8.65. The van der Waals surface area contributed by atoms with Crippen molar-refractivity contribution in [3.63, 3.8) is 0 Å². The molecular weight excluding hydrogens is 324 g/mol. The Bertz CT molecular complexity index is 988. The number of benzene rings is 2. The van der Waals surface area contributed by atoms with E-state index in [9.17, 15) is 0 Å². The fourth-order valence-electron chi connectivity index (χ4n) is 3.07. The third kappa shape index (κ3) is 3.20. The zero-order valence-electron chi connectivity index (χ0n) is 14.4. The van der Waals surface area contributed by atoms with E-state index in [-0.39, 0.29) is 0 Å². The SMILES string of the molecule is CCc1nc2ccc(-c3ccc(C(C)c4ccccn4)cc3)cc2s1. The first-order valence-corrected chi connectivity index (χ1v) is 9.47. The van der Waals surface area contributed by atoms with Crippen LogP contribution in [0.3, 0.4) is 0 Å². The van der Waals surface area contributed by atoms with Gasteiger partial charge in [-0.15, -0.1) is 11.3 Å². The van der Waals surface area contributed by atoms with Crippen molar-refractivity contribution in [1.82, 2.24) is 9.97 Å². The highest BCUT2D eigenvalue weighted by molar-refractivity contribution is 7.18. The molecule has 2 nitrogen and oxygen atoms in total. The van der Waals surface area contributed by atoms with E-state index in [0.717, 1.165) is 17.6 Å². The smallest absolute Gasteiger partial charge is 0.0935 e. The molecule has 0 amide bonds. The lowest BCUT2D eigenvalue weighted by Crippen LogP contribution is -1.98. The van der Waals surface area contributed by atoms with Crippen molar-refractivity contribution < 1.29 is 0 Å². The van der Waals surface area contributed by atoms with Gasteiger partial charge in [0.05, 0.1) is 15.2 Å². The lowest BCUT2D eigenvalue weighted by molar-refractivity contribution is 0.872. The van der Waals surface area contributed by atoms with Crippen molar-refractivity contribution >= 4 is 21.6 Å². The Kier molecular flexibility index (Phi) is 4.33. The highest BCUT2D eigenvalue weighted by Crippen LogP contribution is 2.30. The highest BCUT2D eigenvalue weighted by Gasteiger charge is 2.10. The number of nitrogens with zero attached hydrogens (tertiary/aromatic N) is 2. The van der Waals surface area contributed by atoms with Crippen LogP contribution in [0.15, 0.2) is 66.9 Å². The molecule has 0 aliphatic rings. The molecule has 4 rings (SSSR count). The minimum atomic E-state index is 0.298. The van der Waals surface area contributed by atoms with Gasteiger partial charge in [0, 0.05) is 17.8 Å². The van der Waals surface area contributed by atoms with E-state index in [1.54, 1.807) is 11.3 Å². The maximum Gasteiger partial charge on any atom is 0.0935 e. The Labute approximate surface area is 152 Å². The van der Waals surface area contributed by atoms with E-state index in [2.05, 4.69) is 72.3 Å². The van der Waals surface area contributed by atoms with Crippen LogP contribution >= 0.6 is 11.3 Å². The van der Waals surface area contributed by atoms with Gasteiger partial charge in [0.25, 0.3) is 0 Å². The third-order valence-corrected chi connectivity index (χ3v) is 5.77. The number of thiazole rings is 1. The molecule has 1 unspecified atom stereocenters. The molecule has 4 aromatic rings. The molecule has 0 aliphatic heterocycles. The Morgan fingerprint density at radius 2 is 1.76 bits per heavy atom. The molecule has 2 aromatic heterocycles. The Balaban J connectivity index is 1.63. The molecule has 0 saturated carbocycles. The second-order valence-electron chi connectivity index (χ2n) is 6.24. The summed E-state index contributed by atoms with van der Waals surface area (Å²) >= 11 is 1.79. The molecule has 0 N–H and O–H groups in total. The number of aromatic nitrogens is 2. The minimum absolute atomic E-state index is 0.298. The summed E-state index contributed by atoms with van der Waals surface area (Å²) < 4.78 is 1.26. The summed E-state index contributed by atoms with van der Waals surface area (Å²) in [6.07, 6.45) is 2.85. The predicted molar refractivity (Wildman–Crippen MR) is 106 cm³/mol. The van der Waals surface area contributed by atoms with Crippen LogP contribution < -0.4 is 0 Å². The molecule has 0 bridgehead atoms. The monoisotopic (exact) mass is 344 g/mol. The van der Waals surface area contributed by atoms with Gasteiger partial charge in [-0.25, -0.2) is 4.98 Å². The van der Waals surface area contributed by atoms with Gasteiger partial charge in [-0.05, 0) is 47.4 Å². The predicted octanol–water partition coefficient (Wildman–Crippen LogP) is 6.07. The van der Waals surface area contributed by atoms with Crippen LogP contribution in [0.4, 0.5) is 0 Å². The van der Waals surface area contributed by atoms with Crippen LogP contribution in [0.2, 0.25) is 0 Å². The first kappa shape index (κ1) is 16.0. The normalized spacial score (nSPS) is 12.4. The van der Waals surface area contributed by atoms with Crippen molar-refractivity contribution in [3.8, 4) is 11.1 Å². The number of hydrogen-bond acceptors (Lipinski definition) is 3. The molecule has 2 aromatic carbocycles. The number of hydrogen-bond donors (Lipinski definition) is 0. The Morgan fingerprint density at radius 3 is 2.48 bits per heavy atom. The summed E-state index contributed by atoms with van der Waals surface area (Å²) in [5.41, 5.74) is 5.98. The molecule has 0 spiro atoms. The fraction of sp³-hybridized carbons (Fsp3) is 0.182. The summed E-state index contributed by atoms with van der Waals surface area (Å²) in [6, 6.07) is 21.5. The average molecular weight is 344 g/mol. The second kappa shape index (κ2) is 6.77. The molecule has 2 heterocycles. The number of fused-ring (bicyclic) bond motifs is 1. The van der Waals surface area contributed by atoms with Gasteiger partial charge in [-0.1, -0.05) is 50.2 Å². The number of aryl methyl sites for hydroxylation is 1. The van der Waals surface area contributed by atoms with Gasteiger partial charge in [-0.2, -0.15) is 0 Å². The summed E-state index contributed by atoms with van der Waals surface area (Å²) in [7, 11) is 0. The minimum Gasteiger partial charge on any atom is -0.261 e. The van der Waals surface area contributed by atoms with E-state index < -0.39 is 0 Å². The molecule has 0 saturated heterocycles. The van der Waals surface area contributed by atoms with Crippen LogP contribution in [-0.2, 0) is 6.42 Å². The molecule has 0 fully saturated rings.